The molecule has 5 nitrogen and oxygen atoms in total. The van der Waals surface area contributed by atoms with Crippen LogP contribution < -0.4 is 10.6 Å². The second-order valence-electron chi connectivity index (χ2n) is 6.76. The number of aliphatic imine (C=N–C) groups is 1. The van der Waals surface area contributed by atoms with Crippen molar-refractivity contribution in [3.05, 3.63) is 16.1 Å². The molecule has 1 aliphatic heterocycles. The largest absolute Gasteiger partial charge is 0.357 e. The molecular weight excluding hydrogens is 330 g/mol. The maximum atomic E-state index is 4.73. The molecule has 1 saturated heterocycles. The van der Waals surface area contributed by atoms with Gasteiger partial charge < -0.3 is 15.5 Å². The monoisotopic (exact) mass is 365 g/mol. The molecule has 1 atom stereocenters. The van der Waals surface area contributed by atoms with Crippen LogP contribution in [0.1, 0.15) is 57.2 Å². The van der Waals surface area contributed by atoms with Crippen molar-refractivity contribution in [2.24, 2.45) is 4.99 Å². The van der Waals surface area contributed by atoms with E-state index in [-0.39, 0.29) is 0 Å². The summed E-state index contributed by atoms with van der Waals surface area (Å²) in [5, 5.41) is 10.2. The van der Waals surface area contributed by atoms with Gasteiger partial charge in [-0.1, -0.05) is 13.3 Å². The number of nitrogens with one attached hydrogen (secondary N) is 2. The third kappa shape index (κ3) is 7.32. The van der Waals surface area contributed by atoms with Crippen LogP contribution in [-0.4, -0.2) is 54.6 Å². The molecule has 142 valence electrons. The Labute approximate surface area is 157 Å². The summed E-state index contributed by atoms with van der Waals surface area (Å²) in [5.74, 6) is 0.931. The highest BCUT2D eigenvalue weighted by Crippen LogP contribution is 2.16. The van der Waals surface area contributed by atoms with E-state index in [9.17, 15) is 0 Å². The van der Waals surface area contributed by atoms with Crippen molar-refractivity contribution in [2.45, 2.75) is 65.3 Å². The molecule has 0 radical (unpaired) electrons. The number of likely N-dealkylation sites (tertiary alicyclic amines) is 1. The first-order chi connectivity index (χ1) is 12.2. The van der Waals surface area contributed by atoms with Crippen LogP contribution in [0.25, 0.3) is 0 Å². The second kappa shape index (κ2) is 11.5. The fourth-order valence-corrected chi connectivity index (χ4v) is 4.01. The molecule has 1 aromatic heterocycles. The summed E-state index contributed by atoms with van der Waals surface area (Å²) < 4.78 is 0. The Balaban J connectivity index is 1.68. The van der Waals surface area contributed by atoms with Crippen molar-refractivity contribution >= 4 is 17.3 Å². The van der Waals surface area contributed by atoms with Crippen molar-refractivity contribution in [3.8, 4) is 0 Å². The van der Waals surface area contributed by atoms with Crippen LogP contribution in [0.5, 0.6) is 0 Å². The van der Waals surface area contributed by atoms with Crippen LogP contribution in [0.2, 0.25) is 0 Å². The van der Waals surface area contributed by atoms with Gasteiger partial charge in [0.05, 0.1) is 10.7 Å². The maximum absolute atomic E-state index is 4.73. The van der Waals surface area contributed by atoms with Crippen molar-refractivity contribution in [3.63, 3.8) is 0 Å². The van der Waals surface area contributed by atoms with E-state index in [0.717, 1.165) is 50.9 Å². The number of hydrogen-bond donors (Lipinski definition) is 2. The maximum Gasteiger partial charge on any atom is 0.191 e. The quantitative estimate of drug-likeness (QED) is 0.401. The Morgan fingerprint density at radius 2 is 2.24 bits per heavy atom. The number of thiazole rings is 1. The fraction of sp³-hybridized carbons (Fsp3) is 0.789. The van der Waals surface area contributed by atoms with E-state index in [1.54, 1.807) is 11.3 Å². The SMILES string of the molecule is CCNC(=NCCCN1CCCCC1C)NCCc1csc(CC)n1. The van der Waals surface area contributed by atoms with Crippen LogP contribution >= 0.6 is 11.3 Å². The Morgan fingerprint density at radius 3 is 2.96 bits per heavy atom. The Morgan fingerprint density at radius 1 is 1.36 bits per heavy atom. The molecule has 25 heavy (non-hydrogen) atoms. The highest BCUT2D eigenvalue weighted by atomic mass is 32.1. The van der Waals surface area contributed by atoms with Crippen LogP contribution in [-0.2, 0) is 12.8 Å². The van der Waals surface area contributed by atoms with Gasteiger partial charge in [0.1, 0.15) is 0 Å². The van der Waals surface area contributed by atoms with Crippen molar-refractivity contribution in [2.75, 3.05) is 32.7 Å². The zero-order valence-electron chi connectivity index (χ0n) is 16.2. The molecule has 0 amide bonds. The normalized spacial score (nSPS) is 19.2. The third-order valence-electron chi connectivity index (χ3n) is 4.73. The predicted octanol–water partition coefficient (Wildman–Crippen LogP) is 3.07. The summed E-state index contributed by atoms with van der Waals surface area (Å²) in [6.45, 7) is 11.7. The average Bonchev–Trinajstić information content (AvgIpc) is 3.08. The van der Waals surface area contributed by atoms with E-state index in [1.165, 1.54) is 43.1 Å². The summed E-state index contributed by atoms with van der Waals surface area (Å²) in [5.41, 5.74) is 1.18. The Hall–Kier alpha value is -1.14. The van der Waals surface area contributed by atoms with Crippen molar-refractivity contribution < 1.29 is 0 Å². The molecule has 2 heterocycles. The molecule has 0 aromatic carbocycles. The molecule has 0 bridgehead atoms. The number of aromatic nitrogens is 1. The zero-order chi connectivity index (χ0) is 17.9. The van der Waals surface area contributed by atoms with Gasteiger partial charge >= 0.3 is 0 Å². The van der Waals surface area contributed by atoms with Gasteiger partial charge in [0.25, 0.3) is 0 Å². The lowest BCUT2D eigenvalue weighted by molar-refractivity contribution is 0.160. The first kappa shape index (κ1) is 20.2. The number of piperidine rings is 1. The van der Waals surface area contributed by atoms with E-state index in [1.807, 2.05) is 0 Å². The first-order valence-electron chi connectivity index (χ1n) is 9.92. The van der Waals surface area contributed by atoms with Gasteiger partial charge in [-0.15, -0.1) is 11.3 Å². The topological polar surface area (TPSA) is 52.6 Å². The molecule has 2 rings (SSSR count). The number of guanidine groups is 1. The van der Waals surface area contributed by atoms with E-state index < -0.39 is 0 Å². The standard InChI is InChI=1S/C19H35N5S/c1-4-18-23-17(15-25-18)10-12-22-19(20-5-2)21-11-8-14-24-13-7-6-9-16(24)3/h15-16H,4-14H2,1-3H3,(H2,20,21,22). The highest BCUT2D eigenvalue weighted by molar-refractivity contribution is 7.09. The number of nitrogens with zero attached hydrogens (tertiary/aromatic N) is 3. The zero-order valence-corrected chi connectivity index (χ0v) is 17.0. The molecule has 0 spiro atoms. The van der Waals surface area contributed by atoms with Gasteiger partial charge in [-0.05, 0) is 46.1 Å². The van der Waals surface area contributed by atoms with E-state index in [4.69, 9.17) is 4.99 Å². The lowest BCUT2D eigenvalue weighted by Crippen LogP contribution is -2.39. The molecule has 1 unspecified atom stereocenters. The van der Waals surface area contributed by atoms with Gasteiger partial charge in [-0.3, -0.25) is 4.99 Å². The summed E-state index contributed by atoms with van der Waals surface area (Å²) in [7, 11) is 0. The summed E-state index contributed by atoms with van der Waals surface area (Å²) in [4.78, 5) is 12.0. The molecule has 6 heteroatoms. The molecule has 0 saturated carbocycles. The Bertz CT molecular complexity index is 514. The van der Waals surface area contributed by atoms with Crippen LogP contribution in [0.15, 0.2) is 10.4 Å². The van der Waals surface area contributed by atoms with Crippen LogP contribution in [0.3, 0.4) is 0 Å². The van der Waals surface area contributed by atoms with E-state index in [0.29, 0.717) is 0 Å². The number of rotatable bonds is 9. The minimum Gasteiger partial charge on any atom is -0.357 e. The van der Waals surface area contributed by atoms with Gasteiger partial charge in [0.2, 0.25) is 0 Å². The average molecular weight is 366 g/mol. The highest BCUT2D eigenvalue weighted by Gasteiger charge is 2.16. The van der Waals surface area contributed by atoms with Crippen LogP contribution in [0, 0.1) is 0 Å². The molecule has 2 N–H and O–H groups in total. The Kier molecular flexibility index (Phi) is 9.26. The minimum atomic E-state index is 0.746. The number of hydrogen-bond acceptors (Lipinski definition) is 4. The van der Waals surface area contributed by atoms with Gasteiger partial charge in [0, 0.05) is 44.0 Å². The molecular formula is C19H35N5S. The van der Waals surface area contributed by atoms with Crippen molar-refractivity contribution in [1.82, 2.24) is 20.5 Å². The van der Waals surface area contributed by atoms with Crippen LogP contribution in [0.4, 0.5) is 0 Å². The second-order valence-corrected chi connectivity index (χ2v) is 7.70. The lowest BCUT2D eigenvalue weighted by Gasteiger charge is -2.33. The van der Waals surface area contributed by atoms with Gasteiger partial charge in [-0.2, -0.15) is 0 Å². The van der Waals surface area contributed by atoms with E-state index >= 15 is 0 Å². The summed E-state index contributed by atoms with van der Waals surface area (Å²) in [6.07, 6.45) is 7.21. The van der Waals surface area contributed by atoms with Gasteiger partial charge in [0.15, 0.2) is 5.96 Å². The summed E-state index contributed by atoms with van der Waals surface area (Å²) in [6, 6.07) is 0.746. The molecule has 1 aromatic rings. The smallest absolute Gasteiger partial charge is 0.191 e. The first-order valence-corrected chi connectivity index (χ1v) is 10.8. The molecule has 0 aliphatic carbocycles. The minimum absolute atomic E-state index is 0.746. The summed E-state index contributed by atoms with van der Waals surface area (Å²) >= 11 is 1.76. The molecule has 1 aliphatic rings. The third-order valence-corrected chi connectivity index (χ3v) is 5.78. The molecule has 1 fully saturated rings. The van der Waals surface area contributed by atoms with E-state index in [2.05, 4.69) is 46.7 Å². The predicted molar refractivity (Wildman–Crippen MR) is 109 cm³/mol. The van der Waals surface area contributed by atoms with Crippen molar-refractivity contribution in [1.29, 1.82) is 0 Å². The fourth-order valence-electron chi connectivity index (χ4n) is 3.23. The van der Waals surface area contributed by atoms with Gasteiger partial charge in [-0.25, -0.2) is 4.98 Å². The lowest BCUT2D eigenvalue weighted by atomic mass is 10.0. The number of aryl methyl sites for hydroxylation is 1.